The van der Waals surface area contributed by atoms with E-state index in [1.54, 1.807) is 0 Å². The molecule has 34 heavy (non-hydrogen) atoms. The van der Waals surface area contributed by atoms with Crippen molar-refractivity contribution in [2.24, 2.45) is 0 Å². The third-order valence-electron chi connectivity index (χ3n) is 5.20. The maximum atomic E-state index is 9.98. The van der Waals surface area contributed by atoms with Gasteiger partial charge in [0.05, 0.1) is 0 Å². The van der Waals surface area contributed by atoms with Crippen LogP contribution < -0.4 is 15.3 Å². The zero-order valence-corrected chi connectivity index (χ0v) is 24.3. The fourth-order valence-electron chi connectivity index (χ4n) is 3.15. The van der Waals surface area contributed by atoms with E-state index in [-0.39, 0.29) is 57.9 Å². The summed E-state index contributed by atoms with van der Waals surface area (Å²) >= 11 is 0. The summed E-state index contributed by atoms with van der Waals surface area (Å²) in [6.45, 7) is 6.50. The Morgan fingerprint density at radius 3 is 0.735 bits per heavy atom. The summed E-state index contributed by atoms with van der Waals surface area (Å²) in [5.74, 6) is -2.75. The van der Waals surface area contributed by atoms with Crippen molar-refractivity contribution in [3.63, 3.8) is 0 Å². The van der Waals surface area contributed by atoms with Gasteiger partial charge in [0.2, 0.25) is 0 Å². The van der Waals surface area contributed by atoms with Crippen molar-refractivity contribution in [1.29, 1.82) is 0 Å². The molecule has 0 spiro atoms. The SMILES string of the molecule is CCCCCCCCC(=O)[O-].CCCCCCCCC(=O)[O-].CCCCCCCCC(=O)[O-].[Tb+3]. The van der Waals surface area contributed by atoms with Crippen molar-refractivity contribution in [2.75, 3.05) is 0 Å². The summed E-state index contributed by atoms with van der Waals surface area (Å²) in [4.78, 5) is 29.9. The Labute approximate surface area is 240 Å². The van der Waals surface area contributed by atoms with Crippen molar-refractivity contribution in [1.82, 2.24) is 0 Å². The van der Waals surface area contributed by atoms with Gasteiger partial charge in [0.15, 0.2) is 0 Å². The number of aliphatic carboxylic acids is 3. The molecular weight excluding hydrogens is 579 g/mol. The zero-order valence-electron chi connectivity index (χ0n) is 22.1. The van der Waals surface area contributed by atoms with Crippen LogP contribution in [0.15, 0.2) is 0 Å². The summed E-state index contributed by atoms with van der Waals surface area (Å²) in [6, 6.07) is 0. The molecule has 0 saturated carbocycles. The van der Waals surface area contributed by atoms with Gasteiger partial charge in [-0.1, -0.05) is 117 Å². The third-order valence-corrected chi connectivity index (χ3v) is 5.20. The second-order valence-electron chi connectivity index (χ2n) is 8.67. The van der Waals surface area contributed by atoms with Gasteiger partial charge in [-0.25, -0.2) is 0 Å². The molecule has 0 aliphatic heterocycles. The Balaban J connectivity index is -0.000000196. The molecule has 0 rings (SSSR count). The minimum absolute atomic E-state index is 0. The standard InChI is InChI=1S/3C9H18O2.Tb/c3*1-2-3-4-5-6-7-8-9(10)11;/h3*2-8H2,1H3,(H,10,11);/q;;;+3/p-3. The quantitative estimate of drug-likeness (QED) is 0.173. The van der Waals surface area contributed by atoms with E-state index in [9.17, 15) is 29.7 Å². The molecule has 204 valence electrons. The first-order valence-corrected chi connectivity index (χ1v) is 13.4. The first-order chi connectivity index (χ1) is 15.8. The molecule has 0 radical (unpaired) electrons. The van der Waals surface area contributed by atoms with Crippen LogP contribution in [0.25, 0.3) is 0 Å². The molecule has 0 atom stereocenters. The fraction of sp³-hybridized carbons (Fsp3) is 0.889. The van der Waals surface area contributed by atoms with Gasteiger partial charge in [0, 0.05) is 17.9 Å². The van der Waals surface area contributed by atoms with E-state index in [0.29, 0.717) is 0 Å². The molecule has 0 aliphatic carbocycles. The number of rotatable bonds is 21. The molecule has 0 aromatic heterocycles. The predicted molar refractivity (Wildman–Crippen MR) is 129 cm³/mol. The van der Waals surface area contributed by atoms with Crippen molar-refractivity contribution < 1.29 is 68.3 Å². The van der Waals surface area contributed by atoms with Gasteiger partial charge in [-0.15, -0.1) is 0 Å². The van der Waals surface area contributed by atoms with Crippen LogP contribution in [-0.4, -0.2) is 17.9 Å². The van der Waals surface area contributed by atoms with Gasteiger partial charge in [0.25, 0.3) is 0 Å². The number of unbranched alkanes of at least 4 members (excludes halogenated alkanes) is 15. The molecule has 0 fully saturated rings. The van der Waals surface area contributed by atoms with Crippen LogP contribution in [0, 0.1) is 38.6 Å². The van der Waals surface area contributed by atoms with E-state index in [0.717, 1.165) is 38.5 Å². The summed E-state index contributed by atoms with van der Waals surface area (Å²) in [7, 11) is 0. The molecule has 0 heterocycles. The molecule has 0 unspecified atom stereocenters. The summed E-state index contributed by atoms with van der Waals surface area (Å²) in [5.41, 5.74) is 0. The largest absolute Gasteiger partial charge is 3.00 e. The molecule has 0 N–H and O–H groups in total. The molecule has 0 amide bonds. The van der Waals surface area contributed by atoms with E-state index in [1.807, 2.05) is 0 Å². The molecule has 0 saturated heterocycles. The van der Waals surface area contributed by atoms with Gasteiger partial charge >= 0.3 is 38.6 Å². The van der Waals surface area contributed by atoms with E-state index in [1.165, 1.54) is 77.0 Å². The summed E-state index contributed by atoms with van der Waals surface area (Å²) in [6.07, 6.45) is 20.9. The van der Waals surface area contributed by atoms with Crippen LogP contribution in [0.5, 0.6) is 0 Å². The second kappa shape index (κ2) is 37.2. The first kappa shape index (κ1) is 40.8. The van der Waals surface area contributed by atoms with Gasteiger partial charge in [-0.05, 0) is 38.5 Å². The van der Waals surface area contributed by atoms with Crippen molar-refractivity contribution in [3.05, 3.63) is 0 Å². The Morgan fingerprint density at radius 1 is 0.382 bits per heavy atom. The number of hydrogen-bond donors (Lipinski definition) is 0. The van der Waals surface area contributed by atoms with Crippen LogP contribution in [-0.2, 0) is 14.4 Å². The topological polar surface area (TPSA) is 120 Å². The number of carboxylic acid groups (broad SMARTS) is 3. The Hall–Kier alpha value is -0.304. The van der Waals surface area contributed by atoms with Crippen molar-refractivity contribution >= 4 is 17.9 Å². The van der Waals surface area contributed by atoms with E-state index < -0.39 is 17.9 Å². The van der Waals surface area contributed by atoms with E-state index in [2.05, 4.69) is 20.8 Å². The third kappa shape index (κ3) is 53.2. The molecular formula is C27H51O6Tb. The van der Waals surface area contributed by atoms with Crippen LogP contribution in [0.2, 0.25) is 0 Å². The fourth-order valence-corrected chi connectivity index (χ4v) is 3.15. The predicted octanol–water partition coefficient (Wildman–Crippen LogP) is 4.46. The van der Waals surface area contributed by atoms with Crippen molar-refractivity contribution in [3.8, 4) is 0 Å². The van der Waals surface area contributed by atoms with Gasteiger partial charge < -0.3 is 29.7 Å². The molecule has 6 nitrogen and oxygen atoms in total. The Morgan fingerprint density at radius 2 is 0.559 bits per heavy atom. The number of carbonyl (C=O) groups excluding carboxylic acids is 3. The van der Waals surface area contributed by atoms with Crippen LogP contribution in [0.3, 0.4) is 0 Å². The summed E-state index contributed by atoms with van der Waals surface area (Å²) < 4.78 is 0. The first-order valence-electron chi connectivity index (χ1n) is 13.4. The molecule has 0 aromatic rings. The Bertz CT molecular complexity index is 368. The average Bonchev–Trinajstić information content (AvgIpc) is 2.76. The maximum absolute atomic E-state index is 9.98. The monoisotopic (exact) mass is 630 g/mol. The minimum Gasteiger partial charge on any atom is -0.550 e. The molecule has 0 bridgehead atoms. The Kier molecular flexibility index (Phi) is 44.8. The van der Waals surface area contributed by atoms with E-state index in [4.69, 9.17) is 0 Å². The zero-order chi connectivity index (χ0) is 25.6. The van der Waals surface area contributed by atoms with Gasteiger partial charge in [-0.2, -0.15) is 0 Å². The van der Waals surface area contributed by atoms with Gasteiger partial charge in [0.1, 0.15) is 0 Å². The maximum Gasteiger partial charge on any atom is 3.00 e. The van der Waals surface area contributed by atoms with Crippen LogP contribution in [0.1, 0.15) is 156 Å². The average molecular weight is 631 g/mol. The second-order valence-corrected chi connectivity index (χ2v) is 8.67. The smallest absolute Gasteiger partial charge is 0.550 e. The molecule has 0 aliphatic rings. The number of carbonyl (C=O) groups is 3. The summed E-state index contributed by atoms with van der Waals surface area (Å²) in [5, 5.41) is 29.9. The number of hydrogen-bond acceptors (Lipinski definition) is 6. The van der Waals surface area contributed by atoms with Crippen LogP contribution >= 0.6 is 0 Å². The normalized spacial score (nSPS) is 9.62. The molecule has 0 aromatic carbocycles. The van der Waals surface area contributed by atoms with Crippen molar-refractivity contribution in [2.45, 2.75) is 156 Å². The molecule has 7 heteroatoms. The van der Waals surface area contributed by atoms with E-state index >= 15 is 0 Å². The van der Waals surface area contributed by atoms with Gasteiger partial charge in [-0.3, -0.25) is 0 Å². The van der Waals surface area contributed by atoms with Crippen LogP contribution in [0.4, 0.5) is 0 Å². The number of carboxylic acids is 3. The minimum atomic E-state index is -0.916.